The molecule has 0 saturated heterocycles. The van der Waals surface area contributed by atoms with Crippen molar-refractivity contribution in [3.05, 3.63) is 65.0 Å². The molecule has 0 saturated carbocycles. The zero-order valence-electron chi connectivity index (χ0n) is 9.27. The zero-order valence-corrected chi connectivity index (χ0v) is 9.27. The van der Waals surface area contributed by atoms with Gasteiger partial charge >= 0.3 is 0 Å². The molecule has 1 aromatic carbocycles. The van der Waals surface area contributed by atoms with E-state index in [2.05, 4.69) is 47.6 Å². The van der Waals surface area contributed by atoms with Crippen molar-refractivity contribution in [2.24, 2.45) is 0 Å². The van der Waals surface area contributed by atoms with Crippen LogP contribution in [0.4, 0.5) is 0 Å². The molecule has 2 heteroatoms. The molecule has 1 aliphatic heterocycles. The Morgan fingerprint density at radius 2 is 2.12 bits per heavy atom. The van der Waals surface area contributed by atoms with Crippen LogP contribution in [0.25, 0.3) is 0 Å². The molecule has 2 heterocycles. The van der Waals surface area contributed by atoms with E-state index in [1.807, 2.05) is 12.4 Å². The molecule has 0 fully saturated rings. The van der Waals surface area contributed by atoms with Gasteiger partial charge in [0.05, 0.1) is 6.04 Å². The number of aryl methyl sites for hydroxylation is 1. The van der Waals surface area contributed by atoms with Crippen molar-refractivity contribution in [1.29, 1.82) is 0 Å². The lowest BCUT2D eigenvalue weighted by Gasteiger charge is -2.12. The predicted molar refractivity (Wildman–Crippen MR) is 64.1 cm³/mol. The fraction of sp³-hybridized carbons (Fsp3) is 0.214. The molecule has 0 amide bonds. The first kappa shape index (κ1) is 9.55. The summed E-state index contributed by atoms with van der Waals surface area (Å²) in [4.78, 5) is 4.26. The van der Waals surface area contributed by atoms with Gasteiger partial charge in [0, 0.05) is 18.9 Å². The van der Waals surface area contributed by atoms with Crippen molar-refractivity contribution in [2.75, 3.05) is 0 Å². The zero-order chi connectivity index (χ0) is 11.0. The summed E-state index contributed by atoms with van der Waals surface area (Å²) in [5.74, 6) is 0. The Morgan fingerprint density at radius 3 is 3.00 bits per heavy atom. The Bertz CT molecular complexity index is 520. The number of aromatic nitrogens is 1. The first-order valence-corrected chi connectivity index (χ1v) is 5.57. The number of hydrogen-bond donors (Lipinski definition) is 1. The molecule has 0 aliphatic carbocycles. The molecule has 1 N–H and O–H groups in total. The monoisotopic (exact) mass is 210 g/mol. The van der Waals surface area contributed by atoms with Crippen LogP contribution in [0.1, 0.15) is 28.3 Å². The molecule has 3 rings (SSSR count). The van der Waals surface area contributed by atoms with Crippen LogP contribution in [0.15, 0.2) is 42.7 Å². The Balaban J connectivity index is 2.05. The predicted octanol–water partition coefficient (Wildman–Crippen LogP) is 2.58. The Kier molecular flexibility index (Phi) is 2.22. The van der Waals surface area contributed by atoms with Gasteiger partial charge in [-0.1, -0.05) is 30.3 Å². The molecular weight excluding hydrogens is 196 g/mol. The number of fused-ring (bicyclic) bond motifs is 1. The molecule has 1 unspecified atom stereocenters. The molecule has 0 radical (unpaired) electrons. The minimum absolute atomic E-state index is 0.309. The van der Waals surface area contributed by atoms with Gasteiger partial charge in [0.25, 0.3) is 0 Å². The van der Waals surface area contributed by atoms with E-state index in [1.54, 1.807) is 0 Å². The van der Waals surface area contributed by atoms with Gasteiger partial charge in [0.15, 0.2) is 0 Å². The van der Waals surface area contributed by atoms with Gasteiger partial charge in [-0.25, -0.2) is 0 Å². The van der Waals surface area contributed by atoms with Gasteiger partial charge < -0.3 is 5.32 Å². The van der Waals surface area contributed by atoms with E-state index >= 15 is 0 Å². The summed E-state index contributed by atoms with van der Waals surface area (Å²) in [6, 6.07) is 11.1. The molecule has 2 aromatic rings. The standard InChI is InChI=1S/C14H14N2/c1-10-6-12(8-15-7-10)14-13-5-3-2-4-11(13)9-16-14/h2-8,14,16H,9H2,1H3. The van der Waals surface area contributed by atoms with Crippen LogP contribution in [0.5, 0.6) is 0 Å². The summed E-state index contributed by atoms with van der Waals surface area (Å²) in [6.45, 7) is 3.03. The van der Waals surface area contributed by atoms with E-state index in [1.165, 1.54) is 22.3 Å². The van der Waals surface area contributed by atoms with Crippen LogP contribution in [0, 0.1) is 6.92 Å². The fourth-order valence-electron chi connectivity index (χ4n) is 2.33. The maximum Gasteiger partial charge on any atom is 0.0597 e. The maximum absolute atomic E-state index is 4.26. The highest BCUT2D eigenvalue weighted by Crippen LogP contribution is 2.30. The highest BCUT2D eigenvalue weighted by Gasteiger charge is 2.22. The van der Waals surface area contributed by atoms with Crippen molar-refractivity contribution in [3.63, 3.8) is 0 Å². The Labute approximate surface area is 95.3 Å². The van der Waals surface area contributed by atoms with Gasteiger partial charge in [0.1, 0.15) is 0 Å². The average molecular weight is 210 g/mol. The lowest BCUT2D eigenvalue weighted by Crippen LogP contribution is -2.13. The molecule has 80 valence electrons. The first-order chi connectivity index (χ1) is 7.84. The fourth-order valence-corrected chi connectivity index (χ4v) is 2.33. The molecule has 0 spiro atoms. The number of nitrogens with one attached hydrogen (secondary N) is 1. The van der Waals surface area contributed by atoms with E-state index < -0.39 is 0 Å². The quantitative estimate of drug-likeness (QED) is 0.782. The molecule has 1 aliphatic rings. The van der Waals surface area contributed by atoms with Gasteiger partial charge in [0.2, 0.25) is 0 Å². The first-order valence-electron chi connectivity index (χ1n) is 5.57. The lowest BCUT2D eigenvalue weighted by atomic mass is 9.99. The second-order valence-electron chi connectivity index (χ2n) is 4.31. The van der Waals surface area contributed by atoms with Crippen LogP contribution >= 0.6 is 0 Å². The van der Waals surface area contributed by atoms with Crippen LogP contribution < -0.4 is 5.32 Å². The van der Waals surface area contributed by atoms with Crippen LogP contribution in [-0.2, 0) is 6.54 Å². The summed E-state index contributed by atoms with van der Waals surface area (Å²) < 4.78 is 0. The second-order valence-corrected chi connectivity index (χ2v) is 4.31. The van der Waals surface area contributed by atoms with Crippen molar-refractivity contribution < 1.29 is 0 Å². The smallest absolute Gasteiger partial charge is 0.0597 e. The summed E-state index contributed by atoms with van der Waals surface area (Å²) in [5.41, 5.74) is 5.25. The number of nitrogens with zero attached hydrogens (tertiary/aromatic N) is 1. The van der Waals surface area contributed by atoms with Gasteiger partial charge in [-0.2, -0.15) is 0 Å². The highest BCUT2D eigenvalue weighted by molar-refractivity contribution is 5.40. The van der Waals surface area contributed by atoms with Crippen molar-refractivity contribution in [1.82, 2.24) is 10.3 Å². The number of pyridine rings is 1. The van der Waals surface area contributed by atoms with E-state index in [4.69, 9.17) is 0 Å². The normalized spacial score (nSPS) is 18.4. The SMILES string of the molecule is Cc1cncc(C2NCc3ccccc32)c1. The second kappa shape index (κ2) is 3.72. The summed E-state index contributed by atoms with van der Waals surface area (Å²) in [5, 5.41) is 3.53. The van der Waals surface area contributed by atoms with Gasteiger partial charge in [-0.3, -0.25) is 4.98 Å². The Hall–Kier alpha value is -1.67. The number of benzene rings is 1. The van der Waals surface area contributed by atoms with Gasteiger partial charge in [-0.15, -0.1) is 0 Å². The Morgan fingerprint density at radius 1 is 1.25 bits per heavy atom. The summed E-state index contributed by atoms with van der Waals surface area (Å²) in [6.07, 6.45) is 3.84. The van der Waals surface area contributed by atoms with E-state index in [0.717, 1.165) is 6.54 Å². The maximum atomic E-state index is 4.26. The highest BCUT2D eigenvalue weighted by atomic mass is 14.9. The third-order valence-corrected chi connectivity index (χ3v) is 3.09. The van der Waals surface area contributed by atoms with Crippen LogP contribution in [-0.4, -0.2) is 4.98 Å². The summed E-state index contributed by atoms with van der Waals surface area (Å²) in [7, 11) is 0. The third kappa shape index (κ3) is 1.51. The summed E-state index contributed by atoms with van der Waals surface area (Å²) >= 11 is 0. The van der Waals surface area contributed by atoms with E-state index in [0.29, 0.717) is 6.04 Å². The van der Waals surface area contributed by atoms with E-state index in [9.17, 15) is 0 Å². The topological polar surface area (TPSA) is 24.9 Å². The molecule has 0 bridgehead atoms. The largest absolute Gasteiger partial charge is 0.302 e. The van der Waals surface area contributed by atoms with Crippen molar-refractivity contribution in [3.8, 4) is 0 Å². The molecule has 1 aromatic heterocycles. The number of hydrogen-bond acceptors (Lipinski definition) is 2. The number of rotatable bonds is 1. The molecule has 2 nitrogen and oxygen atoms in total. The third-order valence-electron chi connectivity index (χ3n) is 3.09. The minimum Gasteiger partial charge on any atom is -0.302 e. The molecule has 1 atom stereocenters. The molecular formula is C14H14N2. The lowest BCUT2D eigenvalue weighted by molar-refractivity contribution is 0.664. The minimum atomic E-state index is 0.309. The molecule has 16 heavy (non-hydrogen) atoms. The van der Waals surface area contributed by atoms with Gasteiger partial charge in [-0.05, 0) is 29.2 Å². The average Bonchev–Trinajstić information content (AvgIpc) is 2.72. The van der Waals surface area contributed by atoms with E-state index in [-0.39, 0.29) is 0 Å². The van der Waals surface area contributed by atoms with Crippen LogP contribution in [0.2, 0.25) is 0 Å². The van der Waals surface area contributed by atoms with Crippen LogP contribution in [0.3, 0.4) is 0 Å². The van der Waals surface area contributed by atoms with Crippen molar-refractivity contribution in [2.45, 2.75) is 19.5 Å². The van der Waals surface area contributed by atoms with Crippen molar-refractivity contribution >= 4 is 0 Å².